The molecule has 0 saturated heterocycles. The highest BCUT2D eigenvalue weighted by atomic mass is 15.1. The fourth-order valence-electron chi connectivity index (χ4n) is 4.72. The summed E-state index contributed by atoms with van der Waals surface area (Å²) in [7, 11) is 0. The Kier molecular flexibility index (Phi) is 1.19. The maximum absolute atomic E-state index is 2.54. The molecule has 74 valence electrons. The van der Waals surface area contributed by atoms with Crippen molar-refractivity contribution in [3.05, 3.63) is 0 Å². The third-order valence-electron chi connectivity index (χ3n) is 6.36. The highest BCUT2D eigenvalue weighted by Gasteiger charge is 3.11. The van der Waals surface area contributed by atoms with Gasteiger partial charge in [-0.15, -0.1) is 0 Å². The molecule has 1 spiro atoms. The molecule has 3 aliphatic carbocycles. The van der Waals surface area contributed by atoms with E-state index in [9.17, 15) is 0 Å². The molecule has 0 nitrogen and oxygen atoms in total. The fourth-order valence-corrected chi connectivity index (χ4v) is 4.72. The first-order valence-electron chi connectivity index (χ1n) is 6.04. The Labute approximate surface area is 82.1 Å². The van der Waals surface area contributed by atoms with Crippen LogP contribution in [0.25, 0.3) is 0 Å². The topological polar surface area (TPSA) is 0 Å². The van der Waals surface area contributed by atoms with Crippen LogP contribution in [-0.4, -0.2) is 0 Å². The van der Waals surface area contributed by atoms with Crippen LogP contribution in [0.2, 0.25) is 0 Å². The van der Waals surface area contributed by atoms with Crippen LogP contribution in [0.1, 0.15) is 53.4 Å². The predicted molar refractivity (Wildman–Crippen MR) is 55.4 cm³/mol. The average Bonchev–Trinajstić information content (AvgIpc) is 2.95. The molecule has 0 bridgehead atoms. The van der Waals surface area contributed by atoms with E-state index in [0.717, 1.165) is 28.1 Å². The minimum Gasteiger partial charge on any atom is -0.0651 e. The molecule has 0 heteroatoms. The molecule has 3 aliphatic rings. The van der Waals surface area contributed by atoms with Crippen LogP contribution in [0, 0.1) is 28.1 Å². The van der Waals surface area contributed by atoms with Gasteiger partial charge in [-0.1, -0.05) is 40.5 Å². The number of fused-ring (bicyclic) bond motifs is 1. The molecule has 0 radical (unpaired) electrons. The van der Waals surface area contributed by atoms with Crippen LogP contribution >= 0.6 is 0 Å². The molecular formula is C13H22. The van der Waals surface area contributed by atoms with Gasteiger partial charge in [-0.05, 0) is 40.9 Å². The maximum atomic E-state index is 2.54. The molecule has 0 N–H and O–H groups in total. The second-order valence-electron chi connectivity index (χ2n) is 6.33. The summed E-state index contributed by atoms with van der Waals surface area (Å²) in [6.07, 6.45) is 5.95. The largest absolute Gasteiger partial charge is 0.0651 e. The average molecular weight is 178 g/mol. The SMILES string of the molecule is CCC(C)CCC1C2(C)C3(C)CC132. The zero-order valence-electron chi connectivity index (χ0n) is 9.48. The van der Waals surface area contributed by atoms with Crippen molar-refractivity contribution in [2.45, 2.75) is 53.4 Å². The van der Waals surface area contributed by atoms with Gasteiger partial charge in [-0.3, -0.25) is 0 Å². The smallest absolute Gasteiger partial charge is 0.0136 e. The van der Waals surface area contributed by atoms with Crippen LogP contribution in [0.3, 0.4) is 0 Å². The Morgan fingerprint density at radius 3 is 2.38 bits per heavy atom. The Balaban J connectivity index is 1.52. The van der Waals surface area contributed by atoms with Gasteiger partial charge in [0.1, 0.15) is 0 Å². The van der Waals surface area contributed by atoms with E-state index in [1.165, 1.54) is 19.3 Å². The second-order valence-corrected chi connectivity index (χ2v) is 6.33. The number of hydrogen-bond donors (Lipinski definition) is 0. The van der Waals surface area contributed by atoms with Crippen molar-refractivity contribution in [2.24, 2.45) is 28.1 Å². The van der Waals surface area contributed by atoms with E-state index < -0.39 is 0 Å². The summed E-state index contributed by atoms with van der Waals surface area (Å²) in [4.78, 5) is 0. The fraction of sp³-hybridized carbons (Fsp3) is 1.00. The van der Waals surface area contributed by atoms with Crippen molar-refractivity contribution in [2.75, 3.05) is 0 Å². The molecule has 0 aromatic rings. The lowest BCUT2D eigenvalue weighted by molar-refractivity contribution is 0.334. The Morgan fingerprint density at radius 1 is 1.38 bits per heavy atom. The molecule has 3 rings (SSSR count). The first-order chi connectivity index (χ1) is 6.04. The van der Waals surface area contributed by atoms with Crippen molar-refractivity contribution in [1.29, 1.82) is 0 Å². The molecule has 0 aromatic heterocycles. The standard InChI is InChI=1S/C13H22/c1-5-9(2)6-7-10-12(4)11(3)8-13(10,11)12/h9-10H,5-8H2,1-4H3. The van der Waals surface area contributed by atoms with Crippen LogP contribution in [-0.2, 0) is 0 Å². The van der Waals surface area contributed by atoms with Gasteiger partial charge < -0.3 is 0 Å². The molecule has 5 unspecified atom stereocenters. The summed E-state index contributed by atoms with van der Waals surface area (Å²) in [5.41, 5.74) is 2.60. The highest BCUT2D eigenvalue weighted by molar-refractivity contribution is 5.58. The summed E-state index contributed by atoms with van der Waals surface area (Å²) in [5.74, 6) is 2.10. The normalized spacial score (nSPS) is 62.3. The highest BCUT2D eigenvalue weighted by Crippen LogP contribution is 3.16. The van der Waals surface area contributed by atoms with Gasteiger partial charge in [0.15, 0.2) is 0 Å². The first kappa shape index (κ1) is 8.32. The lowest BCUT2D eigenvalue weighted by Crippen LogP contribution is -2.08. The van der Waals surface area contributed by atoms with Crippen molar-refractivity contribution in [3.63, 3.8) is 0 Å². The maximum Gasteiger partial charge on any atom is -0.0136 e. The second kappa shape index (κ2) is 1.85. The molecular weight excluding hydrogens is 156 g/mol. The minimum absolute atomic E-state index is 0.841. The van der Waals surface area contributed by atoms with Gasteiger partial charge in [0.2, 0.25) is 0 Å². The molecule has 3 fully saturated rings. The van der Waals surface area contributed by atoms with Gasteiger partial charge >= 0.3 is 0 Å². The molecule has 3 saturated carbocycles. The minimum atomic E-state index is 0.841. The Hall–Kier alpha value is 0. The van der Waals surface area contributed by atoms with E-state index in [1.54, 1.807) is 6.42 Å². The van der Waals surface area contributed by atoms with Gasteiger partial charge in [-0.25, -0.2) is 0 Å². The third-order valence-corrected chi connectivity index (χ3v) is 6.36. The predicted octanol–water partition coefficient (Wildman–Crippen LogP) is 3.86. The van der Waals surface area contributed by atoms with Gasteiger partial charge in [0.05, 0.1) is 0 Å². The summed E-state index contributed by atoms with van der Waals surface area (Å²) < 4.78 is 0. The summed E-state index contributed by atoms with van der Waals surface area (Å²) >= 11 is 0. The third kappa shape index (κ3) is 0.567. The van der Waals surface area contributed by atoms with E-state index >= 15 is 0 Å². The molecule has 0 heterocycles. The molecule has 0 aliphatic heterocycles. The quantitative estimate of drug-likeness (QED) is 0.613. The Bertz CT molecular complexity index is 257. The van der Waals surface area contributed by atoms with Crippen molar-refractivity contribution < 1.29 is 0 Å². The first-order valence-corrected chi connectivity index (χ1v) is 6.04. The van der Waals surface area contributed by atoms with E-state index in [-0.39, 0.29) is 0 Å². The molecule has 13 heavy (non-hydrogen) atoms. The van der Waals surface area contributed by atoms with E-state index in [2.05, 4.69) is 27.7 Å². The van der Waals surface area contributed by atoms with E-state index in [4.69, 9.17) is 0 Å². The zero-order valence-corrected chi connectivity index (χ0v) is 9.48. The zero-order chi connectivity index (χ0) is 9.48. The van der Waals surface area contributed by atoms with Crippen molar-refractivity contribution in [3.8, 4) is 0 Å². The number of rotatable bonds is 4. The van der Waals surface area contributed by atoms with Gasteiger partial charge in [0.25, 0.3) is 0 Å². The summed E-state index contributed by atoms with van der Waals surface area (Å²) in [5, 5.41) is 0. The van der Waals surface area contributed by atoms with Gasteiger partial charge in [-0.2, -0.15) is 0 Å². The van der Waals surface area contributed by atoms with Crippen LogP contribution in [0.5, 0.6) is 0 Å². The summed E-state index contributed by atoms with van der Waals surface area (Å²) in [6.45, 7) is 9.77. The molecule has 5 atom stereocenters. The Morgan fingerprint density at radius 2 is 2.00 bits per heavy atom. The van der Waals surface area contributed by atoms with E-state index in [0.29, 0.717) is 0 Å². The van der Waals surface area contributed by atoms with Crippen LogP contribution in [0.15, 0.2) is 0 Å². The lowest BCUT2D eigenvalue weighted by atomic mass is 9.89. The van der Waals surface area contributed by atoms with Crippen molar-refractivity contribution >= 4 is 0 Å². The monoisotopic (exact) mass is 178 g/mol. The van der Waals surface area contributed by atoms with Crippen molar-refractivity contribution in [1.82, 2.24) is 0 Å². The summed E-state index contributed by atoms with van der Waals surface area (Å²) in [6, 6.07) is 0. The van der Waals surface area contributed by atoms with Crippen LogP contribution in [0.4, 0.5) is 0 Å². The molecule has 0 aromatic carbocycles. The number of hydrogen-bond acceptors (Lipinski definition) is 0. The van der Waals surface area contributed by atoms with Gasteiger partial charge in [0, 0.05) is 0 Å². The van der Waals surface area contributed by atoms with E-state index in [1.807, 2.05) is 0 Å². The lowest BCUT2D eigenvalue weighted by Gasteiger charge is -2.16. The van der Waals surface area contributed by atoms with Crippen LogP contribution < -0.4 is 0 Å². The molecule has 0 amide bonds.